The molecule has 5 aromatic rings. The van der Waals surface area contributed by atoms with Gasteiger partial charge in [0, 0.05) is 20.2 Å². The van der Waals surface area contributed by atoms with Crippen LogP contribution < -0.4 is 0 Å². The smallest absolute Gasteiger partial charge is 0.0125 e. The minimum Gasteiger partial charge on any atom is -0.143 e. The molecule has 0 saturated carbocycles. The van der Waals surface area contributed by atoms with E-state index in [9.17, 15) is 0 Å². The monoisotopic (exact) mass is 446 g/mol. The Balaban J connectivity index is 1.39. The van der Waals surface area contributed by atoms with Gasteiger partial charge in [-0.25, -0.2) is 0 Å². The molecule has 0 unspecified atom stereocenters. The van der Waals surface area contributed by atoms with Gasteiger partial charge in [-0.1, -0.05) is 109 Å². The van der Waals surface area contributed by atoms with Crippen LogP contribution >= 0.6 is 24.4 Å². The van der Waals surface area contributed by atoms with Crippen molar-refractivity contribution in [2.24, 2.45) is 0 Å². The van der Waals surface area contributed by atoms with Crippen molar-refractivity contribution in [2.75, 3.05) is 0 Å². The Morgan fingerprint density at radius 1 is 0.406 bits per heavy atom. The topological polar surface area (TPSA) is 0 Å². The second-order valence-corrected chi connectivity index (χ2v) is 9.21. The molecule has 32 heavy (non-hydrogen) atoms. The molecule has 2 heteroatoms. The highest BCUT2D eigenvalue weighted by Crippen LogP contribution is 2.38. The molecule has 0 saturated heterocycles. The van der Waals surface area contributed by atoms with Gasteiger partial charge in [0.05, 0.1) is 0 Å². The lowest BCUT2D eigenvalue weighted by molar-refractivity contribution is 1.39. The van der Waals surface area contributed by atoms with Gasteiger partial charge in [0.15, 0.2) is 0 Å². The van der Waals surface area contributed by atoms with Gasteiger partial charge in [0.1, 0.15) is 0 Å². The summed E-state index contributed by atoms with van der Waals surface area (Å²) in [4.78, 5) is 3.44. The third kappa shape index (κ3) is 4.52. The highest BCUT2D eigenvalue weighted by molar-refractivity contribution is 7.99. The fraction of sp³-hybridized carbons (Fsp3) is 0. The van der Waals surface area contributed by atoms with Crippen molar-refractivity contribution in [1.29, 1.82) is 0 Å². The van der Waals surface area contributed by atoms with E-state index in [-0.39, 0.29) is 0 Å². The summed E-state index contributed by atoms with van der Waals surface area (Å²) in [6.45, 7) is 0. The lowest BCUT2D eigenvalue weighted by Gasteiger charge is -2.13. The number of rotatable bonds is 5. The Hall–Kier alpha value is -3.20. The molecule has 154 valence electrons. The summed E-state index contributed by atoms with van der Waals surface area (Å²) >= 11 is 6.55. The molecule has 0 spiro atoms. The summed E-state index contributed by atoms with van der Waals surface area (Å²) in [7, 11) is 0. The van der Waals surface area contributed by atoms with Gasteiger partial charge in [0.2, 0.25) is 0 Å². The Kier molecular flexibility index (Phi) is 6.15. The van der Waals surface area contributed by atoms with E-state index in [2.05, 4.69) is 115 Å². The first-order valence-electron chi connectivity index (χ1n) is 10.6. The Morgan fingerprint density at radius 3 is 1.50 bits per heavy atom. The summed E-state index contributed by atoms with van der Waals surface area (Å²) in [6.07, 6.45) is 0. The van der Waals surface area contributed by atoms with Crippen LogP contribution in [0, 0.1) is 0 Å². The van der Waals surface area contributed by atoms with Crippen LogP contribution in [0.2, 0.25) is 0 Å². The zero-order chi connectivity index (χ0) is 21.8. The number of thiol groups is 1. The molecule has 0 aliphatic rings. The van der Waals surface area contributed by atoms with Crippen molar-refractivity contribution in [1.82, 2.24) is 0 Å². The van der Waals surface area contributed by atoms with Crippen LogP contribution in [-0.2, 0) is 0 Å². The SMILES string of the molecule is Sc1cccc(-c2ccccc2)c1-c1ccc(Sc2ccc(-c3ccccc3)cc2)cc1. The summed E-state index contributed by atoms with van der Waals surface area (Å²) in [5.74, 6) is 0. The third-order valence-corrected chi connectivity index (χ3v) is 6.86. The number of benzene rings is 5. The van der Waals surface area contributed by atoms with Crippen molar-refractivity contribution in [3.63, 3.8) is 0 Å². The predicted molar refractivity (Wildman–Crippen MR) is 141 cm³/mol. The maximum Gasteiger partial charge on any atom is 0.0125 e. The second kappa shape index (κ2) is 9.52. The maximum absolute atomic E-state index is 4.77. The largest absolute Gasteiger partial charge is 0.143 e. The molecule has 0 aromatic heterocycles. The predicted octanol–water partition coefficient (Wildman–Crippen LogP) is 9.13. The fourth-order valence-corrected chi connectivity index (χ4v) is 5.03. The van der Waals surface area contributed by atoms with Crippen LogP contribution in [-0.4, -0.2) is 0 Å². The van der Waals surface area contributed by atoms with E-state index in [0.717, 1.165) is 4.90 Å². The molecular weight excluding hydrogens is 424 g/mol. The lowest BCUT2D eigenvalue weighted by atomic mass is 9.94. The van der Waals surface area contributed by atoms with Crippen LogP contribution in [0.25, 0.3) is 33.4 Å². The summed E-state index contributed by atoms with van der Waals surface area (Å²) in [6, 6.07) is 44.8. The van der Waals surface area contributed by atoms with Gasteiger partial charge >= 0.3 is 0 Å². The van der Waals surface area contributed by atoms with Crippen molar-refractivity contribution in [3.05, 3.63) is 127 Å². The van der Waals surface area contributed by atoms with Crippen LogP contribution in [0.15, 0.2) is 142 Å². The van der Waals surface area contributed by atoms with E-state index >= 15 is 0 Å². The zero-order valence-corrected chi connectivity index (χ0v) is 19.2. The van der Waals surface area contributed by atoms with Crippen LogP contribution in [0.1, 0.15) is 0 Å². The Morgan fingerprint density at radius 2 is 0.906 bits per heavy atom. The van der Waals surface area contributed by atoms with Crippen LogP contribution in [0.3, 0.4) is 0 Å². The minimum atomic E-state index is 0.989. The van der Waals surface area contributed by atoms with Gasteiger partial charge in [-0.15, -0.1) is 12.6 Å². The van der Waals surface area contributed by atoms with E-state index in [4.69, 9.17) is 12.6 Å². The highest BCUT2D eigenvalue weighted by Gasteiger charge is 2.11. The molecule has 0 amide bonds. The van der Waals surface area contributed by atoms with Crippen molar-refractivity contribution >= 4 is 24.4 Å². The molecule has 0 atom stereocenters. The van der Waals surface area contributed by atoms with E-state index in [0.29, 0.717) is 0 Å². The van der Waals surface area contributed by atoms with Crippen molar-refractivity contribution in [3.8, 4) is 33.4 Å². The first-order valence-corrected chi connectivity index (χ1v) is 11.9. The average Bonchev–Trinajstić information content (AvgIpc) is 2.86. The number of hydrogen-bond acceptors (Lipinski definition) is 2. The summed E-state index contributed by atoms with van der Waals surface area (Å²) in [5.41, 5.74) is 7.24. The summed E-state index contributed by atoms with van der Waals surface area (Å²) < 4.78 is 0. The van der Waals surface area contributed by atoms with Crippen molar-refractivity contribution < 1.29 is 0 Å². The molecule has 0 radical (unpaired) electrons. The van der Waals surface area contributed by atoms with E-state index in [1.165, 1.54) is 43.2 Å². The van der Waals surface area contributed by atoms with E-state index in [1.807, 2.05) is 12.1 Å². The molecule has 0 fully saturated rings. The molecule has 5 rings (SSSR count). The van der Waals surface area contributed by atoms with Gasteiger partial charge in [-0.2, -0.15) is 0 Å². The van der Waals surface area contributed by atoms with Gasteiger partial charge in [-0.05, 0) is 58.1 Å². The Labute approximate surface area is 199 Å². The molecule has 0 aliphatic carbocycles. The first kappa shape index (κ1) is 20.7. The summed E-state index contributed by atoms with van der Waals surface area (Å²) in [5, 5.41) is 0. The van der Waals surface area contributed by atoms with Crippen LogP contribution in [0.5, 0.6) is 0 Å². The molecule has 5 aromatic carbocycles. The lowest BCUT2D eigenvalue weighted by Crippen LogP contribution is -1.87. The first-order chi connectivity index (χ1) is 15.8. The zero-order valence-electron chi connectivity index (χ0n) is 17.5. The minimum absolute atomic E-state index is 0.989. The van der Waals surface area contributed by atoms with E-state index in [1.54, 1.807) is 11.8 Å². The molecular formula is C30H22S2. The average molecular weight is 447 g/mol. The fourth-order valence-electron chi connectivity index (χ4n) is 3.87. The quantitative estimate of drug-likeness (QED) is 0.263. The molecule has 0 nitrogen and oxygen atoms in total. The van der Waals surface area contributed by atoms with Gasteiger partial charge in [-0.3, -0.25) is 0 Å². The molecule has 0 aliphatic heterocycles. The number of hydrogen-bond donors (Lipinski definition) is 1. The Bertz CT molecular complexity index is 1310. The van der Waals surface area contributed by atoms with Crippen LogP contribution in [0.4, 0.5) is 0 Å². The van der Waals surface area contributed by atoms with E-state index < -0.39 is 0 Å². The third-order valence-electron chi connectivity index (χ3n) is 5.47. The standard InChI is InChI=1S/C30H22S2/c31-29-13-7-12-28(24-10-5-2-6-11-24)30(29)25-16-20-27(21-17-25)32-26-18-14-23(15-19-26)22-8-3-1-4-9-22/h1-21,31H. The molecule has 0 heterocycles. The van der Waals surface area contributed by atoms with Gasteiger partial charge < -0.3 is 0 Å². The van der Waals surface area contributed by atoms with Crippen molar-refractivity contribution in [2.45, 2.75) is 14.7 Å². The highest BCUT2D eigenvalue weighted by atomic mass is 32.2. The van der Waals surface area contributed by atoms with Gasteiger partial charge in [0.25, 0.3) is 0 Å². The normalized spacial score (nSPS) is 10.8. The second-order valence-electron chi connectivity index (χ2n) is 7.58. The molecule has 0 bridgehead atoms. The maximum atomic E-state index is 4.77. The molecule has 0 N–H and O–H groups in total.